The number of benzene rings is 2. The van der Waals surface area contributed by atoms with Gasteiger partial charge in [0.1, 0.15) is 5.82 Å². The first kappa shape index (κ1) is 21.2. The molecule has 2 aromatic carbocycles. The third kappa shape index (κ3) is 4.21. The molecule has 0 bridgehead atoms. The van der Waals surface area contributed by atoms with Gasteiger partial charge in [0.25, 0.3) is 0 Å². The maximum atomic E-state index is 13.7. The van der Waals surface area contributed by atoms with Gasteiger partial charge in [0, 0.05) is 23.2 Å². The Balaban J connectivity index is 1.63. The fraction of sp³-hybridized carbons (Fsp3) is 0.120. The quantitative estimate of drug-likeness (QED) is 0.353. The minimum Gasteiger partial charge on any atom is -0.380 e. The van der Waals surface area contributed by atoms with Crippen LogP contribution >= 0.6 is 11.3 Å². The molecule has 33 heavy (non-hydrogen) atoms. The normalized spacial score (nSPS) is 14.2. The van der Waals surface area contributed by atoms with Crippen molar-refractivity contribution in [3.63, 3.8) is 0 Å². The molecule has 0 saturated heterocycles. The van der Waals surface area contributed by atoms with E-state index in [4.69, 9.17) is 0 Å². The molecule has 0 radical (unpaired) electrons. The maximum Gasteiger partial charge on any atom is 0.417 e. The van der Waals surface area contributed by atoms with E-state index in [-0.39, 0.29) is 11.4 Å². The van der Waals surface area contributed by atoms with Gasteiger partial charge in [-0.25, -0.2) is 9.97 Å². The Morgan fingerprint density at radius 3 is 2.55 bits per heavy atom. The number of nitrogens with one attached hydrogen (secondary N) is 2. The van der Waals surface area contributed by atoms with Crippen molar-refractivity contribution in [2.45, 2.75) is 13.1 Å². The van der Waals surface area contributed by atoms with Crippen LogP contribution in [0.1, 0.15) is 17.4 Å². The Hall–Kier alpha value is -3.65. The highest BCUT2D eigenvalue weighted by atomic mass is 32.1. The van der Waals surface area contributed by atoms with Crippen LogP contribution in [0.15, 0.2) is 83.4 Å². The van der Waals surface area contributed by atoms with E-state index in [9.17, 15) is 13.2 Å². The van der Waals surface area contributed by atoms with E-state index in [0.717, 1.165) is 33.3 Å². The summed E-state index contributed by atoms with van der Waals surface area (Å²) in [6, 6.07) is 16.7. The molecule has 4 aromatic rings. The molecule has 0 unspecified atom stereocenters. The Kier molecular flexibility index (Phi) is 5.38. The van der Waals surface area contributed by atoms with Crippen LogP contribution in [0, 0.1) is 0 Å². The number of allylic oxidation sites excluding steroid dienone is 1. The van der Waals surface area contributed by atoms with Crippen molar-refractivity contribution in [2.24, 2.45) is 0 Å². The predicted octanol–water partition coefficient (Wildman–Crippen LogP) is 6.71. The molecular weight excluding hydrogens is 445 g/mol. The Labute approximate surface area is 192 Å². The molecule has 166 valence electrons. The highest BCUT2D eigenvalue weighted by molar-refractivity contribution is 7.11. The summed E-state index contributed by atoms with van der Waals surface area (Å²) in [5, 5.41) is 9.52. The van der Waals surface area contributed by atoms with Gasteiger partial charge in [0.05, 0.1) is 21.7 Å². The molecule has 0 aliphatic carbocycles. The zero-order valence-corrected chi connectivity index (χ0v) is 18.4. The molecule has 0 amide bonds. The monoisotopic (exact) mass is 464 g/mol. The average Bonchev–Trinajstić information content (AvgIpc) is 3.35. The first-order valence-electron chi connectivity index (χ1n) is 10.3. The van der Waals surface area contributed by atoms with Crippen molar-refractivity contribution < 1.29 is 13.2 Å². The average molecular weight is 465 g/mol. The number of halogens is 3. The smallest absolute Gasteiger partial charge is 0.380 e. The number of dihydropyridines is 1. The van der Waals surface area contributed by atoms with Gasteiger partial charge in [-0.3, -0.25) is 0 Å². The summed E-state index contributed by atoms with van der Waals surface area (Å²) in [6.45, 7) is 2.65. The summed E-state index contributed by atoms with van der Waals surface area (Å²) in [5.41, 5.74) is 2.66. The number of fused-ring (bicyclic) bond motifs is 1. The minimum atomic E-state index is -4.51. The van der Waals surface area contributed by atoms with Crippen molar-refractivity contribution >= 4 is 33.8 Å². The van der Waals surface area contributed by atoms with E-state index >= 15 is 0 Å². The number of para-hydroxylation sites is 1. The molecule has 5 rings (SSSR count). The van der Waals surface area contributed by atoms with Crippen molar-refractivity contribution in [3.05, 3.63) is 93.8 Å². The lowest BCUT2D eigenvalue weighted by Crippen LogP contribution is -2.22. The van der Waals surface area contributed by atoms with Crippen LogP contribution in [0.4, 0.5) is 19.0 Å². The predicted molar refractivity (Wildman–Crippen MR) is 127 cm³/mol. The largest absolute Gasteiger partial charge is 0.417 e. The van der Waals surface area contributed by atoms with E-state index in [1.807, 2.05) is 48.7 Å². The number of anilines is 1. The van der Waals surface area contributed by atoms with Crippen molar-refractivity contribution in [2.75, 3.05) is 11.9 Å². The molecule has 0 atom stereocenters. The maximum absolute atomic E-state index is 13.7. The van der Waals surface area contributed by atoms with Crippen molar-refractivity contribution in [1.29, 1.82) is 0 Å². The van der Waals surface area contributed by atoms with Gasteiger partial charge >= 0.3 is 6.18 Å². The van der Waals surface area contributed by atoms with Crippen molar-refractivity contribution in [3.8, 4) is 11.4 Å². The van der Waals surface area contributed by atoms with E-state index in [2.05, 4.69) is 20.6 Å². The molecule has 8 heteroatoms. The highest BCUT2D eigenvalue weighted by Crippen LogP contribution is 2.37. The number of rotatable bonds is 4. The number of hydrogen-bond donors (Lipinski definition) is 2. The van der Waals surface area contributed by atoms with E-state index in [1.54, 1.807) is 23.5 Å². The first-order valence-corrected chi connectivity index (χ1v) is 11.2. The standard InChI is InChI=1S/C25H19F3N4S/c1-15-14-29-21(22-11-6-12-33-22)13-20(15)31-24-17-8-3-5-10-19(17)30-23(32-24)16-7-2-4-9-18(16)25(26,27)28/h2-13,29H,14H2,1H3,(H,30,31,32). The molecule has 0 saturated carbocycles. The van der Waals surface area contributed by atoms with Crippen LogP contribution in [0.5, 0.6) is 0 Å². The zero-order valence-electron chi connectivity index (χ0n) is 17.6. The van der Waals surface area contributed by atoms with Gasteiger partial charge < -0.3 is 10.6 Å². The molecule has 0 spiro atoms. The lowest BCUT2D eigenvalue weighted by Gasteiger charge is -2.21. The van der Waals surface area contributed by atoms with E-state index in [1.165, 1.54) is 12.1 Å². The summed E-state index contributed by atoms with van der Waals surface area (Å²) in [4.78, 5) is 10.1. The number of hydrogen-bond acceptors (Lipinski definition) is 5. The Morgan fingerprint density at radius 1 is 0.970 bits per heavy atom. The van der Waals surface area contributed by atoms with Crippen LogP contribution in [-0.2, 0) is 6.18 Å². The SMILES string of the molecule is CC1=C(Nc2nc(-c3ccccc3C(F)(F)F)nc3ccccc23)C=C(c2cccs2)NC1. The van der Waals surface area contributed by atoms with Gasteiger partial charge in [0.15, 0.2) is 5.82 Å². The lowest BCUT2D eigenvalue weighted by atomic mass is 10.1. The summed E-state index contributed by atoms with van der Waals surface area (Å²) in [7, 11) is 0. The van der Waals surface area contributed by atoms with Crippen LogP contribution in [0.3, 0.4) is 0 Å². The fourth-order valence-electron chi connectivity index (χ4n) is 3.72. The lowest BCUT2D eigenvalue weighted by molar-refractivity contribution is -0.137. The topological polar surface area (TPSA) is 49.8 Å². The van der Waals surface area contributed by atoms with Crippen LogP contribution in [-0.4, -0.2) is 16.5 Å². The van der Waals surface area contributed by atoms with Gasteiger partial charge in [-0.05, 0) is 48.2 Å². The summed E-state index contributed by atoms with van der Waals surface area (Å²) in [5.74, 6) is 0.490. The third-order valence-corrected chi connectivity index (χ3v) is 6.31. The molecule has 2 aromatic heterocycles. The summed E-state index contributed by atoms with van der Waals surface area (Å²) < 4.78 is 41.0. The third-order valence-electron chi connectivity index (χ3n) is 5.41. The second-order valence-corrected chi connectivity index (χ2v) is 8.61. The molecule has 2 N–H and O–H groups in total. The van der Waals surface area contributed by atoms with E-state index in [0.29, 0.717) is 17.9 Å². The first-order chi connectivity index (χ1) is 15.9. The van der Waals surface area contributed by atoms with Gasteiger partial charge in [0.2, 0.25) is 0 Å². The molecule has 3 heterocycles. The number of alkyl halides is 3. The zero-order chi connectivity index (χ0) is 23.0. The second-order valence-electron chi connectivity index (χ2n) is 7.66. The van der Waals surface area contributed by atoms with Crippen molar-refractivity contribution in [1.82, 2.24) is 15.3 Å². The van der Waals surface area contributed by atoms with Gasteiger partial charge in [-0.2, -0.15) is 13.2 Å². The Morgan fingerprint density at radius 2 is 1.76 bits per heavy atom. The Bertz CT molecular complexity index is 1390. The number of nitrogens with zero attached hydrogens (tertiary/aromatic N) is 2. The summed E-state index contributed by atoms with van der Waals surface area (Å²) >= 11 is 1.63. The molecule has 0 fully saturated rings. The van der Waals surface area contributed by atoms with Crippen LogP contribution in [0.25, 0.3) is 28.0 Å². The highest BCUT2D eigenvalue weighted by Gasteiger charge is 2.34. The number of thiophene rings is 1. The molecule has 1 aliphatic heterocycles. The van der Waals surface area contributed by atoms with E-state index < -0.39 is 11.7 Å². The summed E-state index contributed by atoms with van der Waals surface area (Å²) in [6.07, 6.45) is -2.50. The van der Waals surface area contributed by atoms with Crippen LogP contribution in [0.2, 0.25) is 0 Å². The van der Waals surface area contributed by atoms with Gasteiger partial charge in [-0.15, -0.1) is 11.3 Å². The van der Waals surface area contributed by atoms with Crippen LogP contribution < -0.4 is 10.6 Å². The molecular formula is C25H19F3N4S. The fourth-order valence-corrected chi connectivity index (χ4v) is 4.44. The minimum absolute atomic E-state index is 0.0266. The van der Waals surface area contributed by atoms with Gasteiger partial charge in [-0.1, -0.05) is 36.4 Å². The molecule has 4 nitrogen and oxygen atoms in total. The molecule has 1 aliphatic rings. The second kappa shape index (κ2) is 8.37. The number of aromatic nitrogens is 2.